The monoisotopic (exact) mass is 383 g/mol. The second-order valence-electron chi connectivity index (χ2n) is 5.72. The van der Waals surface area contributed by atoms with Crippen molar-refractivity contribution in [2.24, 2.45) is 0 Å². The maximum atomic E-state index is 12.3. The minimum atomic E-state index is -0.449. The van der Waals surface area contributed by atoms with E-state index in [0.29, 0.717) is 26.3 Å². The van der Waals surface area contributed by atoms with Crippen LogP contribution in [0.2, 0.25) is 5.02 Å². The van der Waals surface area contributed by atoms with Gasteiger partial charge in [-0.05, 0) is 48.4 Å². The van der Waals surface area contributed by atoms with Gasteiger partial charge in [-0.1, -0.05) is 42.0 Å². The molecule has 0 saturated carbocycles. The molecule has 0 atom stereocenters. The zero-order valence-electron chi connectivity index (χ0n) is 13.8. The second kappa shape index (κ2) is 6.90. The molecule has 0 aliphatic rings. The van der Waals surface area contributed by atoms with E-state index >= 15 is 0 Å². The Balaban J connectivity index is 1.65. The van der Waals surface area contributed by atoms with Crippen LogP contribution in [0.15, 0.2) is 57.7 Å². The number of fused-ring (bicyclic) bond motifs is 1. The highest BCUT2D eigenvalue weighted by Crippen LogP contribution is 2.29. The molecule has 0 radical (unpaired) electrons. The highest BCUT2D eigenvalue weighted by Gasteiger charge is 2.13. The Morgan fingerprint density at radius 2 is 1.92 bits per heavy atom. The van der Waals surface area contributed by atoms with Crippen LogP contribution in [-0.2, 0) is 6.42 Å². The van der Waals surface area contributed by atoms with Crippen LogP contribution in [0.4, 0.5) is 10.8 Å². The van der Waals surface area contributed by atoms with Crippen molar-refractivity contribution in [2.75, 3.05) is 5.32 Å². The van der Waals surface area contributed by atoms with E-state index in [2.05, 4.69) is 34.6 Å². The minimum absolute atomic E-state index is 0.367. The molecule has 0 bridgehead atoms. The number of benzene rings is 2. The van der Waals surface area contributed by atoms with Crippen molar-refractivity contribution in [2.45, 2.75) is 13.3 Å². The van der Waals surface area contributed by atoms with Crippen LogP contribution in [0.1, 0.15) is 12.5 Å². The average Bonchev–Trinajstić information content (AvgIpc) is 3.10. The largest absolute Gasteiger partial charge is 0.422 e. The van der Waals surface area contributed by atoms with Gasteiger partial charge < -0.3 is 9.73 Å². The molecule has 0 aliphatic heterocycles. The molecule has 0 amide bonds. The Morgan fingerprint density at radius 3 is 2.69 bits per heavy atom. The van der Waals surface area contributed by atoms with Gasteiger partial charge in [0, 0.05) is 16.1 Å². The van der Waals surface area contributed by atoms with Crippen LogP contribution in [0.5, 0.6) is 0 Å². The van der Waals surface area contributed by atoms with E-state index in [1.165, 1.54) is 16.9 Å². The SMILES string of the molecule is CCc1ccc(Nc2nnc(-c3cc4cc(Cl)ccc4oc3=O)s2)cc1. The number of halogens is 1. The summed E-state index contributed by atoms with van der Waals surface area (Å²) in [6, 6.07) is 14.9. The number of aromatic nitrogens is 2. The Bertz CT molecular complexity index is 1140. The third kappa shape index (κ3) is 3.34. The van der Waals surface area contributed by atoms with Gasteiger partial charge in [-0.2, -0.15) is 0 Å². The molecular formula is C19H14ClN3O2S. The summed E-state index contributed by atoms with van der Waals surface area (Å²) in [5.74, 6) is 0. The zero-order valence-corrected chi connectivity index (χ0v) is 15.4. The summed E-state index contributed by atoms with van der Waals surface area (Å²) in [6.07, 6.45) is 0.991. The van der Waals surface area contributed by atoms with Crippen LogP contribution in [0.3, 0.4) is 0 Å². The molecule has 4 aromatic rings. The van der Waals surface area contributed by atoms with Gasteiger partial charge in [-0.25, -0.2) is 4.79 Å². The van der Waals surface area contributed by atoms with Crippen molar-refractivity contribution in [3.8, 4) is 10.6 Å². The minimum Gasteiger partial charge on any atom is -0.422 e. The maximum Gasteiger partial charge on any atom is 0.346 e. The first-order chi connectivity index (χ1) is 12.6. The van der Waals surface area contributed by atoms with E-state index < -0.39 is 5.63 Å². The van der Waals surface area contributed by atoms with E-state index in [9.17, 15) is 4.79 Å². The first kappa shape index (κ1) is 16.8. The zero-order chi connectivity index (χ0) is 18.1. The van der Waals surface area contributed by atoms with Crippen molar-refractivity contribution in [3.05, 3.63) is 69.5 Å². The lowest BCUT2D eigenvalue weighted by Gasteiger charge is -2.02. The molecule has 7 heteroatoms. The number of aryl methyl sites for hydroxylation is 1. The van der Waals surface area contributed by atoms with Gasteiger partial charge in [0.05, 0.1) is 5.56 Å². The van der Waals surface area contributed by atoms with Crippen molar-refractivity contribution < 1.29 is 4.42 Å². The van der Waals surface area contributed by atoms with Crippen LogP contribution < -0.4 is 10.9 Å². The molecule has 0 aliphatic carbocycles. The average molecular weight is 384 g/mol. The normalized spacial score (nSPS) is 11.0. The van der Waals surface area contributed by atoms with Crippen molar-refractivity contribution in [3.63, 3.8) is 0 Å². The standard InChI is InChI=1S/C19H14ClN3O2S/c1-2-11-3-6-14(7-4-11)21-19-23-22-17(26-19)15-10-12-9-13(20)5-8-16(12)25-18(15)24/h3-10H,2H2,1H3,(H,21,23). The molecule has 0 saturated heterocycles. The molecule has 0 unspecified atom stereocenters. The van der Waals surface area contributed by atoms with Crippen molar-refractivity contribution in [1.29, 1.82) is 0 Å². The first-order valence-corrected chi connectivity index (χ1v) is 9.25. The molecule has 0 spiro atoms. The lowest BCUT2D eigenvalue weighted by molar-refractivity contribution is 0.563. The summed E-state index contributed by atoms with van der Waals surface area (Å²) >= 11 is 7.31. The number of hydrogen-bond acceptors (Lipinski definition) is 6. The first-order valence-electron chi connectivity index (χ1n) is 8.05. The Kier molecular flexibility index (Phi) is 4.44. The summed E-state index contributed by atoms with van der Waals surface area (Å²) in [5, 5.41) is 13.9. The van der Waals surface area contributed by atoms with Gasteiger partial charge >= 0.3 is 5.63 Å². The van der Waals surface area contributed by atoms with E-state index in [1.54, 1.807) is 24.3 Å². The highest BCUT2D eigenvalue weighted by molar-refractivity contribution is 7.18. The highest BCUT2D eigenvalue weighted by atomic mass is 35.5. The van der Waals surface area contributed by atoms with Gasteiger partial charge in [0.25, 0.3) is 0 Å². The summed E-state index contributed by atoms with van der Waals surface area (Å²) in [5.41, 5.74) is 2.59. The third-order valence-electron chi connectivity index (χ3n) is 3.96. The summed E-state index contributed by atoms with van der Waals surface area (Å²) < 4.78 is 5.36. The van der Waals surface area contributed by atoms with Crippen molar-refractivity contribution >= 4 is 44.7 Å². The fourth-order valence-corrected chi connectivity index (χ4v) is 3.52. The topological polar surface area (TPSA) is 68.0 Å². The van der Waals surface area contributed by atoms with Crippen LogP contribution in [-0.4, -0.2) is 10.2 Å². The molecule has 2 heterocycles. The fourth-order valence-electron chi connectivity index (χ4n) is 2.57. The van der Waals surface area contributed by atoms with E-state index in [1.807, 2.05) is 12.1 Å². The van der Waals surface area contributed by atoms with Gasteiger partial charge in [0.1, 0.15) is 5.58 Å². The molecule has 26 heavy (non-hydrogen) atoms. The number of nitrogens with zero attached hydrogens (tertiary/aromatic N) is 2. The van der Waals surface area contributed by atoms with Crippen LogP contribution in [0.25, 0.3) is 21.5 Å². The molecule has 130 valence electrons. The molecule has 4 rings (SSSR count). The summed E-state index contributed by atoms with van der Waals surface area (Å²) in [6.45, 7) is 2.11. The molecular weight excluding hydrogens is 370 g/mol. The number of anilines is 2. The van der Waals surface area contributed by atoms with E-state index in [4.69, 9.17) is 16.0 Å². The fraction of sp³-hybridized carbons (Fsp3) is 0.105. The Hall–Kier alpha value is -2.70. The molecule has 2 aromatic carbocycles. The molecule has 5 nitrogen and oxygen atoms in total. The number of nitrogens with one attached hydrogen (secondary N) is 1. The van der Waals surface area contributed by atoms with Gasteiger partial charge in [0.2, 0.25) is 5.13 Å². The Morgan fingerprint density at radius 1 is 1.12 bits per heavy atom. The predicted molar refractivity (Wildman–Crippen MR) is 105 cm³/mol. The lowest BCUT2D eigenvalue weighted by Crippen LogP contribution is -2.02. The smallest absolute Gasteiger partial charge is 0.346 e. The van der Waals surface area contributed by atoms with E-state index in [0.717, 1.165) is 17.5 Å². The molecule has 1 N–H and O–H groups in total. The second-order valence-corrected chi connectivity index (χ2v) is 7.13. The van der Waals surface area contributed by atoms with Crippen LogP contribution in [0, 0.1) is 0 Å². The third-order valence-corrected chi connectivity index (χ3v) is 5.07. The molecule has 0 fully saturated rings. The summed E-state index contributed by atoms with van der Waals surface area (Å²) in [4.78, 5) is 12.3. The van der Waals surface area contributed by atoms with Crippen molar-refractivity contribution in [1.82, 2.24) is 10.2 Å². The Labute approximate surface area is 158 Å². The predicted octanol–water partition coefficient (Wildman–Crippen LogP) is 5.27. The van der Waals surface area contributed by atoms with Gasteiger partial charge in [0.15, 0.2) is 5.01 Å². The van der Waals surface area contributed by atoms with Crippen LogP contribution >= 0.6 is 22.9 Å². The quantitative estimate of drug-likeness (QED) is 0.486. The molecule has 2 aromatic heterocycles. The maximum absolute atomic E-state index is 12.3. The lowest BCUT2D eigenvalue weighted by atomic mass is 10.1. The number of rotatable bonds is 4. The number of hydrogen-bond donors (Lipinski definition) is 1. The van der Waals surface area contributed by atoms with Gasteiger partial charge in [-0.15, -0.1) is 10.2 Å². The summed E-state index contributed by atoms with van der Waals surface area (Å²) in [7, 11) is 0. The van der Waals surface area contributed by atoms with Gasteiger partial charge in [-0.3, -0.25) is 0 Å². The van der Waals surface area contributed by atoms with E-state index in [-0.39, 0.29) is 0 Å².